The molecule has 94 valence electrons. The monoisotopic (exact) mass is 283 g/mol. The zero-order chi connectivity index (χ0) is 13.1. The largest absolute Gasteiger partial charge is 1.00 e. The standard InChI is InChI=1S/C9H10O7S.Na/c1-15-8-4-6(5-9(10)11)2-3-7(8)16-17(12,13)14;/h2-4H,5H2,1H3,(H,10,11)(H,12,13,14);/q;+1/p-2. The maximum Gasteiger partial charge on any atom is 1.00 e. The first-order valence-electron chi connectivity index (χ1n) is 4.34. The van der Waals surface area contributed by atoms with Crippen LogP contribution in [0.2, 0.25) is 0 Å². The molecule has 0 heterocycles. The van der Waals surface area contributed by atoms with Crippen LogP contribution in [0.15, 0.2) is 18.2 Å². The number of carboxylic acids is 1. The van der Waals surface area contributed by atoms with Crippen LogP contribution < -0.4 is 43.6 Å². The van der Waals surface area contributed by atoms with Crippen molar-refractivity contribution >= 4 is 16.4 Å². The molecule has 0 N–H and O–H groups in total. The van der Waals surface area contributed by atoms with Gasteiger partial charge >= 0.3 is 29.6 Å². The van der Waals surface area contributed by atoms with E-state index in [1.54, 1.807) is 0 Å². The molecule has 1 rings (SSSR count). The summed E-state index contributed by atoms with van der Waals surface area (Å²) >= 11 is 0. The molecule has 18 heavy (non-hydrogen) atoms. The molecule has 0 amide bonds. The van der Waals surface area contributed by atoms with Gasteiger partial charge in [-0.2, -0.15) is 0 Å². The Bertz CT molecular complexity index is 526. The number of hydrogen-bond donors (Lipinski definition) is 0. The average Bonchev–Trinajstić information content (AvgIpc) is 2.17. The van der Waals surface area contributed by atoms with Gasteiger partial charge in [-0.3, -0.25) is 0 Å². The van der Waals surface area contributed by atoms with Crippen LogP contribution in [0.4, 0.5) is 0 Å². The van der Waals surface area contributed by atoms with Crippen LogP contribution in [-0.2, 0) is 21.6 Å². The zero-order valence-electron chi connectivity index (χ0n) is 9.71. The summed E-state index contributed by atoms with van der Waals surface area (Å²) in [6.45, 7) is 0. The van der Waals surface area contributed by atoms with Crippen LogP contribution in [0.3, 0.4) is 0 Å². The second-order valence-electron chi connectivity index (χ2n) is 3.03. The van der Waals surface area contributed by atoms with Gasteiger partial charge in [0, 0.05) is 12.4 Å². The van der Waals surface area contributed by atoms with Crippen molar-refractivity contribution in [2.24, 2.45) is 0 Å². The number of ether oxygens (including phenoxy) is 1. The molecule has 0 fully saturated rings. The molecule has 9 heteroatoms. The van der Waals surface area contributed by atoms with Crippen molar-refractivity contribution in [2.75, 3.05) is 7.11 Å². The molecule has 0 aliphatic carbocycles. The van der Waals surface area contributed by atoms with E-state index in [0.29, 0.717) is 5.56 Å². The number of aliphatic carboxylic acids is 1. The minimum atomic E-state index is -4.90. The number of carbonyl (C=O) groups excluding carboxylic acids is 1. The summed E-state index contributed by atoms with van der Waals surface area (Å²) < 4.78 is 40.1. The summed E-state index contributed by atoms with van der Waals surface area (Å²) in [5.74, 6) is -1.65. The second-order valence-corrected chi connectivity index (χ2v) is 4.01. The molecule has 0 saturated carbocycles. The molecule has 1 aromatic carbocycles. The Balaban J connectivity index is 0.00000289. The van der Waals surface area contributed by atoms with Crippen LogP contribution in [0, 0.1) is 0 Å². The number of hydrogen-bond acceptors (Lipinski definition) is 7. The topological polar surface area (TPSA) is 116 Å². The molecule has 0 unspecified atom stereocenters. The number of methoxy groups -OCH3 is 1. The summed E-state index contributed by atoms with van der Waals surface area (Å²) in [6, 6.07) is 3.67. The SMILES string of the molecule is COc1cc(CC(=O)[O-])ccc1OS(=O)(=O)[O-].[Na+]. The van der Waals surface area contributed by atoms with Crippen LogP contribution in [-0.4, -0.2) is 26.0 Å². The summed E-state index contributed by atoms with van der Waals surface area (Å²) in [5, 5.41) is 10.4. The minimum Gasteiger partial charge on any atom is -0.716 e. The summed E-state index contributed by atoms with van der Waals surface area (Å²) in [6.07, 6.45) is -0.360. The van der Waals surface area contributed by atoms with Crippen molar-refractivity contribution in [1.82, 2.24) is 0 Å². The van der Waals surface area contributed by atoms with Gasteiger partial charge in [0.15, 0.2) is 11.5 Å². The van der Waals surface area contributed by atoms with Crippen LogP contribution in [0.25, 0.3) is 0 Å². The van der Waals surface area contributed by atoms with E-state index in [2.05, 4.69) is 4.18 Å². The Kier molecular flexibility index (Phi) is 6.64. The van der Waals surface area contributed by atoms with Gasteiger partial charge in [0.1, 0.15) is 0 Å². The molecular weight excluding hydrogens is 275 g/mol. The zero-order valence-corrected chi connectivity index (χ0v) is 12.5. The normalized spacial score (nSPS) is 10.3. The third-order valence-corrected chi connectivity index (χ3v) is 2.15. The van der Waals surface area contributed by atoms with Crippen molar-refractivity contribution in [3.8, 4) is 11.5 Å². The first-order valence-corrected chi connectivity index (χ1v) is 5.67. The first-order chi connectivity index (χ1) is 7.81. The molecule has 0 saturated heterocycles. The van der Waals surface area contributed by atoms with E-state index in [1.807, 2.05) is 0 Å². The molecule has 0 bridgehead atoms. The first kappa shape index (κ1) is 17.2. The molecule has 0 aliphatic heterocycles. The average molecular weight is 283 g/mol. The molecule has 0 spiro atoms. The Labute approximate surface area is 126 Å². The van der Waals surface area contributed by atoms with E-state index in [-0.39, 0.29) is 47.5 Å². The fourth-order valence-corrected chi connectivity index (χ4v) is 1.53. The molecule has 7 nitrogen and oxygen atoms in total. The number of carboxylic acid groups (broad SMARTS) is 1. The van der Waals surface area contributed by atoms with E-state index in [4.69, 9.17) is 4.74 Å². The van der Waals surface area contributed by atoms with Gasteiger partial charge in [-0.25, -0.2) is 8.42 Å². The molecule has 0 aliphatic rings. The second kappa shape index (κ2) is 6.95. The fourth-order valence-electron chi connectivity index (χ4n) is 1.17. The summed E-state index contributed by atoms with van der Waals surface area (Å²) in [5.41, 5.74) is 0.331. The molecule has 0 aromatic heterocycles. The van der Waals surface area contributed by atoms with Crippen LogP contribution >= 0.6 is 0 Å². The molecule has 0 radical (unpaired) electrons. The Morgan fingerprint density at radius 1 is 1.33 bits per heavy atom. The van der Waals surface area contributed by atoms with Gasteiger partial charge in [-0.05, 0) is 17.7 Å². The predicted molar refractivity (Wildman–Crippen MR) is 52.0 cm³/mol. The van der Waals surface area contributed by atoms with Gasteiger partial charge in [-0.1, -0.05) is 6.07 Å². The Hall–Kier alpha value is -0.800. The van der Waals surface area contributed by atoms with E-state index >= 15 is 0 Å². The van der Waals surface area contributed by atoms with E-state index in [0.717, 1.165) is 6.07 Å². The summed E-state index contributed by atoms with van der Waals surface area (Å²) in [4.78, 5) is 10.4. The van der Waals surface area contributed by atoms with Crippen molar-refractivity contribution in [3.05, 3.63) is 23.8 Å². The molecule has 1 aromatic rings. The maximum absolute atomic E-state index is 10.4. The van der Waals surface area contributed by atoms with E-state index < -0.39 is 16.4 Å². The minimum absolute atomic E-state index is 0. The Morgan fingerprint density at radius 2 is 1.94 bits per heavy atom. The van der Waals surface area contributed by atoms with Gasteiger partial charge in [0.25, 0.3) is 10.4 Å². The predicted octanol–water partition coefficient (Wildman–Crippen LogP) is -4.17. The van der Waals surface area contributed by atoms with Crippen molar-refractivity contribution in [2.45, 2.75) is 6.42 Å². The quantitative estimate of drug-likeness (QED) is 0.306. The molecule has 0 atom stereocenters. The summed E-state index contributed by atoms with van der Waals surface area (Å²) in [7, 11) is -3.68. The number of carbonyl (C=O) groups is 1. The van der Waals surface area contributed by atoms with Gasteiger partial charge < -0.3 is 23.4 Å². The van der Waals surface area contributed by atoms with Crippen molar-refractivity contribution < 1.29 is 61.3 Å². The van der Waals surface area contributed by atoms with E-state index in [9.17, 15) is 22.9 Å². The van der Waals surface area contributed by atoms with Gasteiger partial charge in [0.2, 0.25) is 0 Å². The smallest absolute Gasteiger partial charge is 0.716 e. The van der Waals surface area contributed by atoms with Crippen LogP contribution in [0.5, 0.6) is 11.5 Å². The van der Waals surface area contributed by atoms with Gasteiger partial charge in [0.05, 0.1) is 7.11 Å². The third-order valence-electron chi connectivity index (χ3n) is 1.77. The molecular formula is C9H8NaO7S-. The van der Waals surface area contributed by atoms with Crippen molar-refractivity contribution in [1.29, 1.82) is 0 Å². The van der Waals surface area contributed by atoms with Gasteiger partial charge in [-0.15, -0.1) is 0 Å². The third kappa shape index (κ3) is 5.69. The van der Waals surface area contributed by atoms with Crippen molar-refractivity contribution in [3.63, 3.8) is 0 Å². The maximum atomic E-state index is 10.4. The number of benzene rings is 1. The van der Waals surface area contributed by atoms with E-state index in [1.165, 1.54) is 19.2 Å². The fraction of sp³-hybridized carbons (Fsp3) is 0.222. The number of rotatable bonds is 5. The van der Waals surface area contributed by atoms with Crippen LogP contribution in [0.1, 0.15) is 5.56 Å². The Morgan fingerprint density at radius 3 is 2.39 bits per heavy atom.